The number of benzene rings is 3. The number of rotatable bonds is 9. The average molecular weight is 480 g/mol. The Labute approximate surface area is 200 Å². The summed E-state index contributed by atoms with van der Waals surface area (Å²) in [6, 6.07) is 20.1. The maximum absolute atomic E-state index is 13.1. The predicted octanol–water partition coefficient (Wildman–Crippen LogP) is 3.38. The minimum absolute atomic E-state index is 0.0400. The molecule has 0 radical (unpaired) electrons. The maximum Gasteiger partial charge on any atom is 0.252 e. The van der Waals surface area contributed by atoms with E-state index in [-0.39, 0.29) is 17.4 Å². The number of carbonyl (C=O) groups is 2. The summed E-state index contributed by atoms with van der Waals surface area (Å²) >= 11 is 0. The summed E-state index contributed by atoms with van der Waals surface area (Å²) in [6.07, 6.45) is 0. The van der Waals surface area contributed by atoms with Crippen molar-refractivity contribution in [2.24, 2.45) is 11.7 Å². The van der Waals surface area contributed by atoms with Crippen LogP contribution in [0.25, 0.3) is 11.1 Å². The predicted molar refractivity (Wildman–Crippen MR) is 132 cm³/mol. The first-order valence-corrected chi connectivity index (χ1v) is 12.4. The van der Waals surface area contributed by atoms with Gasteiger partial charge in [-0.2, -0.15) is 0 Å². The highest BCUT2D eigenvalue weighted by Crippen LogP contribution is 2.28. The van der Waals surface area contributed by atoms with Crippen LogP contribution in [0.5, 0.6) is 0 Å². The molecule has 1 atom stereocenters. The monoisotopic (exact) mass is 479 g/mol. The molecular weight excluding hydrogens is 450 g/mol. The van der Waals surface area contributed by atoms with Gasteiger partial charge < -0.3 is 11.1 Å². The van der Waals surface area contributed by atoms with E-state index < -0.39 is 27.9 Å². The third-order valence-corrected chi connectivity index (χ3v) is 6.89. The molecule has 0 heterocycles. The van der Waals surface area contributed by atoms with E-state index in [1.165, 1.54) is 0 Å². The van der Waals surface area contributed by atoms with Crippen LogP contribution in [-0.2, 0) is 21.4 Å². The number of carbonyl (C=O) groups excluding carboxylic acids is 2. The lowest BCUT2D eigenvalue weighted by molar-refractivity contribution is -0.120. The van der Waals surface area contributed by atoms with Gasteiger partial charge in [0.15, 0.2) is 0 Å². The molecule has 0 spiro atoms. The van der Waals surface area contributed by atoms with Crippen LogP contribution in [0.2, 0.25) is 0 Å². The second-order valence-corrected chi connectivity index (χ2v) is 10.2. The highest BCUT2D eigenvalue weighted by molar-refractivity contribution is 7.89. The zero-order valence-corrected chi connectivity index (χ0v) is 20.2. The van der Waals surface area contributed by atoms with Gasteiger partial charge in [0.2, 0.25) is 15.9 Å². The Kier molecular flexibility index (Phi) is 7.86. The van der Waals surface area contributed by atoms with Crippen LogP contribution in [0.1, 0.15) is 35.3 Å². The van der Waals surface area contributed by atoms with Crippen LogP contribution in [0.4, 0.5) is 0 Å². The van der Waals surface area contributed by atoms with Gasteiger partial charge in [-0.3, -0.25) is 9.59 Å². The average Bonchev–Trinajstić information content (AvgIpc) is 2.81. The van der Waals surface area contributed by atoms with Crippen LogP contribution >= 0.6 is 0 Å². The second-order valence-electron chi connectivity index (χ2n) is 8.44. The Morgan fingerprint density at radius 2 is 1.56 bits per heavy atom. The minimum Gasteiger partial charge on any atom is -0.368 e. The van der Waals surface area contributed by atoms with Crippen LogP contribution in [0.15, 0.2) is 77.7 Å². The molecule has 2 amide bonds. The number of sulfonamides is 1. The van der Waals surface area contributed by atoms with Crippen molar-refractivity contribution >= 4 is 21.8 Å². The molecule has 8 heteroatoms. The number of nitrogens with two attached hydrogens (primary N) is 1. The highest BCUT2D eigenvalue weighted by atomic mass is 32.2. The summed E-state index contributed by atoms with van der Waals surface area (Å²) in [6.45, 7) is 5.48. The summed E-state index contributed by atoms with van der Waals surface area (Å²) < 4.78 is 28.3. The molecule has 34 heavy (non-hydrogen) atoms. The van der Waals surface area contributed by atoms with Crippen LogP contribution in [-0.4, -0.2) is 26.3 Å². The van der Waals surface area contributed by atoms with Crippen molar-refractivity contribution in [3.05, 3.63) is 89.5 Å². The molecule has 0 aliphatic carbocycles. The lowest BCUT2D eigenvalue weighted by atomic mass is 9.94. The molecule has 0 bridgehead atoms. The summed E-state index contributed by atoms with van der Waals surface area (Å²) in [4.78, 5) is 25.0. The molecule has 3 aromatic carbocycles. The van der Waals surface area contributed by atoms with E-state index in [0.29, 0.717) is 22.3 Å². The molecule has 0 aliphatic rings. The van der Waals surface area contributed by atoms with Gasteiger partial charge >= 0.3 is 0 Å². The molecule has 3 aromatic rings. The molecule has 0 aromatic heterocycles. The Morgan fingerprint density at radius 3 is 2.21 bits per heavy atom. The fourth-order valence-electron chi connectivity index (χ4n) is 3.68. The summed E-state index contributed by atoms with van der Waals surface area (Å²) in [5, 5.41) is 2.72. The van der Waals surface area contributed by atoms with Gasteiger partial charge in [-0.25, -0.2) is 13.1 Å². The van der Waals surface area contributed by atoms with Gasteiger partial charge in [-0.1, -0.05) is 68.4 Å². The molecule has 0 saturated heterocycles. The first-order chi connectivity index (χ1) is 16.1. The van der Waals surface area contributed by atoms with Gasteiger partial charge in [0.1, 0.15) is 6.04 Å². The van der Waals surface area contributed by atoms with Gasteiger partial charge in [0, 0.05) is 12.1 Å². The summed E-state index contributed by atoms with van der Waals surface area (Å²) in [7, 11) is -3.72. The maximum atomic E-state index is 13.1. The number of nitrogens with one attached hydrogen (secondary N) is 2. The molecule has 4 N–H and O–H groups in total. The van der Waals surface area contributed by atoms with Crippen molar-refractivity contribution in [3.8, 4) is 11.1 Å². The molecule has 7 nitrogen and oxygen atoms in total. The van der Waals surface area contributed by atoms with Gasteiger partial charge in [0.05, 0.1) is 4.90 Å². The molecule has 0 fully saturated rings. The van der Waals surface area contributed by atoms with Crippen molar-refractivity contribution in [1.29, 1.82) is 0 Å². The number of aryl methyl sites for hydroxylation is 1. The standard InChI is InChI=1S/C26H29N3O4S/c1-17(2)24(25(27)30)29-26(31)23-14-7-6-13-22(23)21-12-5-4-10-19(21)16-28-34(32,33)20-11-8-9-18(3)15-20/h4-15,17,24,28H,16H2,1-3H3,(H2,27,30)(H,29,31)/t24-/m0/s1. The van der Waals surface area contributed by atoms with Gasteiger partial charge in [-0.05, 0) is 53.3 Å². The third-order valence-electron chi connectivity index (χ3n) is 5.49. The normalized spacial score (nSPS) is 12.4. The van der Waals surface area contributed by atoms with Gasteiger partial charge in [-0.15, -0.1) is 0 Å². The van der Waals surface area contributed by atoms with E-state index in [9.17, 15) is 18.0 Å². The third kappa shape index (κ3) is 5.89. The van der Waals surface area contributed by atoms with Crippen molar-refractivity contribution in [3.63, 3.8) is 0 Å². The molecular formula is C26H29N3O4S. The second kappa shape index (κ2) is 10.6. The van der Waals surface area contributed by atoms with E-state index in [4.69, 9.17) is 5.73 Å². The highest BCUT2D eigenvalue weighted by Gasteiger charge is 2.24. The number of hydrogen-bond acceptors (Lipinski definition) is 4. The SMILES string of the molecule is Cc1cccc(S(=O)(=O)NCc2ccccc2-c2ccccc2C(=O)N[C@H](C(N)=O)C(C)C)c1. The number of hydrogen-bond donors (Lipinski definition) is 3. The van der Waals surface area contributed by atoms with Gasteiger partial charge in [0.25, 0.3) is 5.91 Å². The van der Waals surface area contributed by atoms with E-state index in [1.54, 1.807) is 56.3 Å². The van der Waals surface area contributed by atoms with Crippen molar-refractivity contribution in [1.82, 2.24) is 10.0 Å². The van der Waals surface area contributed by atoms with Crippen molar-refractivity contribution in [2.75, 3.05) is 0 Å². The zero-order chi connectivity index (χ0) is 24.9. The Bertz CT molecular complexity index is 1300. The fraction of sp³-hybridized carbons (Fsp3) is 0.231. The van der Waals surface area contributed by atoms with Crippen LogP contribution in [0.3, 0.4) is 0 Å². The largest absolute Gasteiger partial charge is 0.368 e. The van der Waals surface area contributed by atoms with E-state index in [0.717, 1.165) is 5.56 Å². The Hall–Kier alpha value is -3.49. The first kappa shape index (κ1) is 25.1. The number of primary amides is 1. The van der Waals surface area contributed by atoms with E-state index >= 15 is 0 Å². The zero-order valence-electron chi connectivity index (χ0n) is 19.4. The quantitative estimate of drug-likeness (QED) is 0.436. The van der Waals surface area contributed by atoms with Crippen LogP contribution in [0, 0.1) is 12.8 Å². The minimum atomic E-state index is -3.72. The fourth-order valence-corrected chi connectivity index (χ4v) is 4.79. The Balaban J connectivity index is 1.92. The van der Waals surface area contributed by atoms with E-state index in [2.05, 4.69) is 10.0 Å². The summed E-state index contributed by atoms with van der Waals surface area (Å²) in [5.74, 6) is -1.20. The molecule has 3 rings (SSSR count). The van der Waals surface area contributed by atoms with Crippen molar-refractivity contribution < 1.29 is 18.0 Å². The smallest absolute Gasteiger partial charge is 0.252 e. The van der Waals surface area contributed by atoms with E-state index in [1.807, 2.05) is 37.3 Å². The van der Waals surface area contributed by atoms with Crippen LogP contribution < -0.4 is 15.8 Å². The Morgan fingerprint density at radius 1 is 0.912 bits per heavy atom. The molecule has 0 aliphatic heterocycles. The topological polar surface area (TPSA) is 118 Å². The lowest BCUT2D eigenvalue weighted by Gasteiger charge is -2.20. The number of amides is 2. The molecule has 0 unspecified atom stereocenters. The summed E-state index contributed by atoms with van der Waals surface area (Å²) in [5.41, 5.74) is 8.70. The molecule has 0 saturated carbocycles. The molecule has 178 valence electrons. The lowest BCUT2D eigenvalue weighted by Crippen LogP contribution is -2.47. The van der Waals surface area contributed by atoms with Crippen molar-refractivity contribution in [2.45, 2.75) is 38.3 Å². The first-order valence-electron chi connectivity index (χ1n) is 10.9.